The Morgan fingerprint density at radius 2 is 2.50 bits per heavy atom. The van der Waals surface area contributed by atoms with E-state index in [1.54, 1.807) is 7.05 Å². The van der Waals surface area contributed by atoms with Gasteiger partial charge in [0.05, 0.1) is 12.0 Å². The van der Waals surface area contributed by atoms with Crippen molar-refractivity contribution in [2.24, 2.45) is 0 Å². The second-order valence-corrected chi connectivity index (χ2v) is 3.35. The lowest BCUT2D eigenvalue weighted by Gasteiger charge is -2.31. The Morgan fingerprint density at radius 3 is 3.00 bits per heavy atom. The maximum Gasteiger partial charge on any atom is 0.222 e. The lowest BCUT2D eigenvalue weighted by atomic mass is 9.90. The van der Waals surface area contributed by atoms with E-state index in [9.17, 15) is 9.90 Å². The summed E-state index contributed by atoms with van der Waals surface area (Å²) < 4.78 is 0. The second kappa shape index (κ2) is 3.87. The summed E-state index contributed by atoms with van der Waals surface area (Å²) in [5.41, 5.74) is -0.821. The molecule has 0 spiro atoms. The number of hydrogen-bond acceptors (Lipinski definition) is 3. The van der Waals surface area contributed by atoms with E-state index in [0.717, 1.165) is 13.0 Å². The van der Waals surface area contributed by atoms with Gasteiger partial charge in [-0.1, -0.05) is 0 Å². The van der Waals surface area contributed by atoms with Gasteiger partial charge >= 0.3 is 0 Å². The molecule has 0 aromatic carbocycles. The summed E-state index contributed by atoms with van der Waals surface area (Å²) >= 11 is 0. The molecule has 0 aromatic rings. The number of aliphatic hydroxyl groups is 1. The van der Waals surface area contributed by atoms with Crippen LogP contribution >= 0.6 is 0 Å². The quantitative estimate of drug-likeness (QED) is 0.513. The van der Waals surface area contributed by atoms with Gasteiger partial charge in [0.2, 0.25) is 5.91 Å². The van der Waals surface area contributed by atoms with Crippen LogP contribution in [0.5, 0.6) is 0 Å². The summed E-state index contributed by atoms with van der Waals surface area (Å²) in [6.45, 7) is 1.47. The lowest BCUT2D eigenvalue weighted by Crippen LogP contribution is -2.48. The van der Waals surface area contributed by atoms with Crippen molar-refractivity contribution in [3.05, 3.63) is 0 Å². The Labute approximate surface area is 72.3 Å². The molecule has 4 heteroatoms. The van der Waals surface area contributed by atoms with Gasteiger partial charge in [0, 0.05) is 13.6 Å². The summed E-state index contributed by atoms with van der Waals surface area (Å²) in [6, 6.07) is 0. The number of hydrogen-bond donors (Lipinski definition) is 3. The second-order valence-electron chi connectivity index (χ2n) is 3.35. The highest BCUT2D eigenvalue weighted by Gasteiger charge is 2.31. The first kappa shape index (κ1) is 9.48. The van der Waals surface area contributed by atoms with E-state index in [4.69, 9.17) is 0 Å². The Kier molecular flexibility index (Phi) is 3.05. The predicted octanol–water partition coefficient (Wildman–Crippen LogP) is -0.763. The maximum atomic E-state index is 11.0. The van der Waals surface area contributed by atoms with E-state index >= 15 is 0 Å². The number of nitrogens with one attached hydrogen (secondary N) is 2. The Balaban J connectivity index is 2.41. The largest absolute Gasteiger partial charge is 0.388 e. The van der Waals surface area contributed by atoms with Crippen LogP contribution in [-0.4, -0.2) is 36.8 Å². The molecule has 0 bridgehead atoms. The average molecular weight is 172 g/mol. The molecule has 1 atom stereocenters. The predicted molar refractivity (Wildman–Crippen MR) is 45.7 cm³/mol. The van der Waals surface area contributed by atoms with Gasteiger partial charge in [-0.15, -0.1) is 0 Å². The third-order valence-corrected chi connectivity index (χ3v) is 2.22. The SMILES string of the molecule is CNC(=O)CC1(O)CCCNC1. The van der Waals surface area contributed by atoms with Gasteiger partial charge in [0.1, 0.15) is 0 Å². The molecule has 1 amide bonds. The third kappa shape index (κ3) is 2.46. The van der Waals surface area contributed by atoms with Crippen molar-refractivity contribution in [1.29, 1.82) is 0 Å². The topological polar surface area (TPSA) is 61.4 Å². The van der Waals surface area contributed by atoms with Gasteiger partial charge < -0.3 is 15.7 Å². The van der Waals surface area contributed by atoms with E-state index in [1.165, 1.54) is 0 Å². The molecule has 1 rings (SSSR count). The van der Waals surface area contributed by atoms with Gasteiger partial charge in [0.15, 0.2) is 0 Å². The molecule has 1 aliphatic heterocycles. The molecule has 1 heterocycles. The lowest BCUT2D eigenvalue weighted by molar-refractivity contribution is -0.126. The normalized spacial score (nSPS) is 29.8. The fourth-order valence-electron chi connectivity index (χ4n) is 1.49. The van der Waals surface area contributed by atoms with E-state index < -0.39 is 5.60 Å². The molecule has 1 unspecified atom stereocenters. The average Bonchev–Trinajstić information content (AvgIpc) is 2.05. The van der Waals surface area contributed by atoms with Crippen molar-refractivity contribution < 1.29 is 9.90 Å². The summed E-state index contributed by atoms with van der Waals surface area (Å²) in [4.78, 5) is 11.0. The van der Waals surface area contributed by atoms with Crippen LogP contribution in [0.3, 0.4) is 0 Å². The number of β-amino-alcohol motifs (C(OH)–C–C–N with tert-alkyl or cyclic N) is 1. The standard InChI is InChI=1S/C8H16N2O2/c1-9-7(11)5-8(12)3-2-4-10-6-8/h10,12H,2-6H2,1H3,(H,9,11). The minimum atomic E-state index is -0.821. The molecule has 1 saturated heterocycles. The smallest absolute Gasteiger partial charge is 0.222 e. The first-order chi connectivity index (χ1) is 5.66. The summed E-state index contributed by atoms with van der Waals surface area (Å²) in [5.74, 6) is -0.0961. The Bertz CT molecular complexity index is 164. The van der Waals surface area contributed by atoms with Crippen molar-refractivity contribution in [3.63, 3.8) is 0 Å². The van der Waals surface area contributed by atoms with Crippen LogP contribution in [0, 0.1) is 0 Å². The fourth-order valence-corrected chi connectivity index (χ4v) is 1.49. The molecule has 3 N–H and O–H groups in total. The Hall–Kier alpha value is -0.610. The maximum absolute atomic E-state index is 11.0. The zero-order valence-electron chi connectivity index (χ0n) is 7.39. The molecule has 70 valence electrons. The van der Waals surface area contributed by atoms with E-state index in [1.807, 2.05) is 0 Å². The van der Waals surface area contributed by atoms with E-state index in [2.05, 4.69) is 10.6 Å². The molecule has 0 aromatic heterocycles. The number of rotatable bonds is 2. The first-order valence-electron chi connectivity index (χ1n) is 4.30. The highest BCUT2D eigenvalue weighted by Crippen LogP contribution is 2.19. The molecular weight excluding hydrogens is 156 g/mol. The van der Waals surface area contributed by atoms with Crippen molar-refractivity contribution >= 4 is 5.91 Å². The highest BCUT2D eigenvalue weighted by atomic mass is 16.3. The molecule has 12 heavy (non-hydrogen) atoms. The zero-order chi connectivity index (χ0) is 9.03. The van der Waals surface area contributed by atoms with E-state index in [0.29, 0.717) is 13.0 Å². The van der Waals surface area contributed by atoms with Crippen molar-refractivity contribution in [1.82, 2.24) is 10.6 Å². The van der Waals surface area contributed by atoms with Gasteiger partial charge in [0.25, 0.3) is 0 Å². The third-order valence-electron chi connectivity index (χ3n) is 2.22. The van der Waals surface area contributed by atoms with Crippen molar-refractivity contribution in [2.75, 3.05) is 20.1 Å². The van der Waals surface area contributed by atoms with Gasteiger partial charge in [-0.3, -0.25) is 4.79 Å². The van der Waals surface area contributed by atoms with Crippen LogP contribution < -0.4 is 10.6 Å². The number of piperidine rings is 1. The van der Waals surface area contributed by atoms with Crippen LogP contribution in [0.4, 0.5) is 0 Å². The number of amides is 1. The fraction of sp³-hybridized carbons (Fsp3) is 0.875. The first-order valence-corrected chi connectivity index (χ1v) is 4.30. The van der Waals surface area contributed by atoms with Gasteiger partial charge in [-0.05, 0) is 19.4 Å². The van der Waals surface area contributed by atoms with Crippen LogP contribution in [0.15, 0.2) is 0 Å². The summed E-state index contributed by atoms with van der Waals surface area (Å²) in [5, 5.41) is 15.4. The van der Waals surface area contributed by atoms with Crippen molar-refractivity contribution in [2.45, 2.75) is 24.9 Å². The highest BCUT2D eigenvalue weighted by molar-refractivity contribution is 5.76. The minimum absolute atomic E-state index is 0.0961. The molecule has 0 radical (unpaired) electrons. The van der Waals surface area contributed by atoms with Crippen LogP contribution in [-0.2, 0) is 4.79 Å². The van der Waals surface area contributed by atoms with Gasteiger partial charge in [-0.2, -0.15) is 0 Å². The number of carbonyl (C=O) groups excluding carboxylic acids is 1. The van der Waals surface area contributed by atoms with Gasteiger partial charge in [-0.25, -0.2) is 0 Å². The number of carbonyl (C=O) groups is 1. The van der Waals surface area contributed by atoms with Crippen LogP contribution in [0.2, 0.25) is 0 Å². The zero-order valence-corrected chi connectivity index (χ0v) is 7.39. The Morgan fingerprint density at radius 1 is 1.75 bits per heavy atom. The molecule has 1 aliphatic rings. The summed E-state index contributed by atoms with van der Waals surface area (Å²) in [6.07, 6.45) is 1.86. The van der Waals surface area contributed by atoms with E-state index in [-0.39, 0.29) is 12.3 Å². The summed E-state index contributed by atoms with van der Waals surface area (Å²) in [7, 11) is 1.59. The molecule has 4 nitrogen and oxygen atoms in total. The van der Waals surface area contributed by atoms with Crippen molar-refractivity contribution in [3.8, 4) is 0 Å². The molecular formula is C8H16N2O2. The molecule has 1 fully saturated rings. The molecule has 0 aliphatic carbocycles. The van der Waals surface area contributed by atoms with Crippen LogP contribution in [0.1, 0.15) is 19.3 Å². The monoisotopic (exact) mass is 172 g/mol. The minimum Gasteiger partial charge on any atom is -0.388 e. The molecule has 0 saturated carbocycles. The van der Waals surface area contributed by atoms with Crippen LogP contribution in [0.25, 0.3) is 0 Å².